The molecule has 3 aromatic carbocycles. The third-order valence-electron chi connectivity index (χ3n) is 6.26. The maximum absolute atomic E-state index is 13.7. The number of amides is 1. The van der Waals surface area contributed by atoms with E-state index in [0.717, 1.165) is 36.6 Å². The van der Waals surface area contributed by atoms with Crippen molar-refractivity contribution < 1.29 is 22.7 Å². The lowest BCUT2D eigenvalue weighted by Gasteiger charge is -2.29. The van der Waals surface area contributed by atoms with Gasteiger partial charge < -0.3 is 14.8 Å². The molecule has 8 heteroatoms. The Morgan fingerprint density at radius 3 is 2.34 bits per heavy atom. The number of aryl methyl sites for hydroxylation is 1. The summed E-state index contributed by atoms with van der Waals surface area (Å²) in [4.78, 5) is 13.7. The molecular weight excluding hydrogens is 464 g/mol. The van der Waals surface area contributed by atoms with Gasteiger partial charge in [-0.25, -0.2) is 8.42 Å². The zero-order valence-electron chi connectivity index (χ0n) is 20.2. The summed E-state index contributed by atoms with van der Waals surface area (Å²) in [5.74, 6) is 0.312. The Labute approximate surface area is 206 Å². The van der Waals surface area contributed by atoms with E-state index in [1.807, 2.05) is 48.5 Å². The van der Waals surface area contributed by atoms with Crippen molar-refractivity contribution >= 4 is 21.6 Å². The van der Waals surface area contributed by atoms with E-state index in [2.05, 4.69) is 11.4 Å². The van der Waals surface area contributed by atoms with Crippen LogP contribution in [0.5, 0.6) is 11.5 Å². The SMILES string of the molecule is COc1cc(C(=O)N[C@H]2CCCc3ccccc32)c(N(Cc2ccccc2)S(C)(=O)=O)cc1OC. The lowest BCUT2D eigenvalue weighted by atomic mass is 9.87. The quantitative estimate of drug-likeness (QED) is 0.499. The number of fused-ring (bicyclic) bond motifs is 1. The number of ether oxygens (including phenoxy) is 2. The number of rotatable bonds is 8. The van der Waals surface area contributed by atoms with E-state index in [-0.39, 0.29) is 29.7 Å². The van der Waals surface area contributed by atoms with Crippen LogP contribution >= 0.6 is 0 Å². The zero-order valence-corrected chi connectivity index (χ0v) is 21.0. The molecule has 3 aromatic rings. The summed E-state index contributed by atoms with van der Waals surface area (Å²) >= 11 is 0. The van der Waals surface area contributed by atoms with Gasteiger partial charge in [0.1, 0.15) is 0 Å². The molecule has 1 aliphatic carbocycles. The molecule has 4 rings (SSSR count). The van der Waals surface area contributed by atoms with Gasteiger partial charge in [-0.05, 0) is 42.0 Å². The Balaban J connectivity index is 1.78. The summed E-state index contributed by atoms with van der Waals surface area (Å²) in [5, 5.41) is 3.13. The van der Waals surface area contributed by atoms with Crippen molar-refractivity contribution in [3.8, 4) is 11.5 Å². The Kier molecular flexibility index (Phi) is 7.31. The van der Waals surface area contributed by atoms with E-state index >= 15 is 0 Å². The van der Waals surface area contributed by atoms with Crippen LogP contribution < -0.4 is 19.1 Å². The summed E-state index contributed by atoms with van der Waals surface area (Å²) < 4.78 is 38.0. The Morgan fingerprint density at radius 2 is 1.66 bits per heavy atom. The van der Waals surface area contributed by atoms with Crippen LogP contribution in [0.15, 0.2) is 66.7 Å². The monoisotopic (exact) mass is 494 g/mol. The van der Waals surface area contributed by atoms with Crippen molar-refractivity contribution in [1.29, 1.82) is 0 Å². The highest BCUT2D eigenvalue weighted by Gasteiger charge is 2.29. The number of methoxy groups -OCH3 is 2. The van der Waals surface area contributed by atoms with E-state index in [9.17, 15) is 13.2 Å². The van der Waals surface area contributed by atoms with Crippen LogP contribution in [0.4, 0.5) is 5.69 Å². The van der Waals surface area contributed by atoms with Gasteiger partial charge in [0.15, 0.2) is 11.5 Å². The Bertz CT molecular complexity index is 1310. The summed E-state index contributed by atoms with van der Waals surface area (Å²) in [6, 6.07) is 20.3. The number of nitrogens with zero attached hydrogens (tertiary/aromatic N) is 1. The van der Waals surface area contributed by atoms with Crippen LogP contribution in [0.25, 0.3) is 0 Å². The maximum atomic E-state index is 13.7. The first-order valence-electron chi connectivity index (χ1n) is 11.5. The van der Waals surface area contributed by atoms with Crippen molar-refractivity contribution in [3.63, 3.8) is 0 Å². The number of sulfonamides is 1. The molecule has 184 valence electrons. The Hall–Kier alpha value is -3.52. The smallest absolute Gasteiger partial charge is 0.254 e. The third kappa shape index (κ3) is 5.43. The molecule has 0 bridgehead atoms. The fourth-order valence-corrected chi connectivity index (χ4v) is 5.42. The van der Waals surface area contributed by atoms with Gasteiger partial charge in [-0.1, -0.05) is 54.6 Å². The van der Waals surface area contributed by atoms with E-state index in [1.165, 1.54) is 24.1 Å². The summed E-state index contributed by atoms with van der Waals surface area (Å²) in [7, 11) is -0.786. The molecule has 0 aliphatic heterocycles. The summed E-state index contributed by atoms with van der Waals surface area (Å²) in [5.41, 5.74) is 3.54. The maximum Gasteiger partial charge on any atom is 0.254 e. The van der Waals surface area contributed by atoms with Gasteiger partial charge >= 0.3 is 0 Å². The fraction of sp³-hybridized carbons (Fsp3) is 0.296. The molecule has 0 unspecified atom stereocenters. The number of hydrogen-bond acceptors (Lipinski definition) is 5. The molecule has 0 saturated carbocycles. The molecule has 0 radical (unpaired) electrons. The molecular formula is C27H30N2O5S. The Morgan fingerprint density at radius 1 is 1.00 bits per heavy atom. The average molecular weight is 495 g/mol. The van der Waals surface area contributed by atoms with E-state index in [4.69, 9.17) is 9.47 Å². The van der Waals surface area contributed by atoms with Gasteiger partial charge in [-0.15, -0.1) is 0 Å². The van der Waals surface area contributed by atoms with Crippen molar-refractivity contribution in [1.82, 2.24) is 5.32 Å². The van der Waals surface area contributed by atoms with Crippen LogP contribution in [-0.2, 0) is 23.0 Å². The lowest BCUT2D eigenvalue weighted by molar-refractivity contribution is 0.0933. The molecule has 1 aliphatic rings. The lowest BCUT2D eigenvalue weighted by Crippen LogP contribution is -2.35. The first kappa shape index (κ1) is 24.6. The van der Waals surface area contributed by atoms with Crippen molar-refractivity contribution in [2.45, 2.75) is 31.8 Å². The second-order valence-corrected chi connectivity index (χ2v) is 10.5. The number of anilines is 1. The third-order valence-corrected chi connectivity index (χ3v) is 7.39. The topological polar surface area (TPSA) is 84.9 Å². The molecule has 1 atom stereocenters. The highest BCUT2D eigenvalue weighted by molar-refractivity contribution is 7.92. The first-order valence-corrected chi connectivity index (χ1v) is 13.3. The van der Waals surface area contributed by atoms with Crippen molar-refractivity contribution in [2.75, 3.05) is 24.8 Å². The van der Waals surface area contributed by atoms with Gasteiger partial charge in [0.25, 0.3) is 5.91 Å². The molecule has 0 aromatic heterocycles. The highest BCUT2D eigenvalue weighted by atomic mass is 32.2. The molecule has 0 saturated heterocycles. The minimum Gasteiger partial charge on any atom is -0.493 e. The largest absolute Gasteiger partial charge is 0.493 e. The van der Waals surface area contributed by atoms with Crippen LogP contribution in [0, 0.1) is 0 Å². The van der Waals surface area contributed by atoms with Crippen molar-refractivity contribution in [2.24, 2.45) is 0 Å². The normalized spacial score (nSPS) is 15.1. The molecule has 0 spiro atoms. The highest BCUT2D eigenvalue weighted by Crippen LogP contribution is 2.38. The predicted octanol–water partition coefficient (Wildman–Crippen LogP) is 4.48. The van der Waals surface area contributed by atoms with Crippen LogP contribution in [-0.4, -0.2) is 34.8 Å². The number of nitrogens with one attached hydrogen (secondary N) is 1. The molecule has 0 heterocycles. The standard InChI is InChI=1S/C27H30N2O5S/c1-33-25-16-22(27(30)28-23-15-9-13-20-12-7-8-14-21(20)23)24(17-26(25)34-2)29(35(3,31)32)18-19-10-5-4-6-11-19/h4-8,10-12,14,16-17,23H,9,13,15,18H2,1-3H3,(H,28,30)/t23-/m0/s1. The average Bonchev–Trinajstić information content (AvgIpc) is 2.86. The molecule has 1 amide bonds. The molecule has 0 fully saturated rings. The van der Waals surface area contributed by atoms with E-state index in [1.54, 1.807) is 12.1 Å². The van der Waals surface area contributed by atoms with Gasteiger partial charge in [-0.3, -0.25) is 9.10 Å². The van der Waals surface area contributed by atoms with Gasteiger partial charge in [-0.2, -0.15) is 0 Å². The summed E-state index contributed by atoms with van der Waals surface area (Å²) in [6.07, 6.45) is 3.88. The minimum absolute atomic E-state index is 0.0711. The molecule has 35 heavy (non-hydrogen) atoms. The van der Waals surface area contributed by atoms with E-state index in [0.29, 0.717) is 11.5 Å². The molecule has 1 N–H and O–H groups in total. The van der Waals surface area contributed by atoms with Crippen molar-refractivity contribution in [3.05, 3.63) is 89.0 Å². The number of carbonyl (C=O) groups is 1. The van der Waals surface area contributed by atoms with Crippen LogP contribution in [0.2, 0.25) is 0 Å². The predicted molar refractivity (Wildman–Crippen MR) is 137 cm³/mol. The van der Waals surface area contributed by atoms with Gasteiger partial charge in [0.2, 0.25) is 10.0 Å². The zero-order chi connectivity index (χ0) is 25.0. The number of carbonyl (C=O) groups excluding carboxylic acids is 1. The number of hydrogen-bond donors (Lipinski definition) is 1. The van der Waals surface area contributed by atoms with E-state index < -0.39 is 10.0 Å². The molecule has 7 nitrogen and oxygen atoms in total. The fourth-order valence-electron chi connectivity index (χ4n) is 4.53. The van der Waals surface area contributed by atoms with Crippen LogP contribution in [0.3, 0.4) is 0 Å². The van der Waals surface area contributed by atoms with Gasteiger partial charge in [0.05, 0.1) is 44.3 Å². The van der Waals surface area contributed by atoms with Crippen LogP contribution in [0.1, 0.15) is 45.9 Å². The number of benzene rings is 3. The van der Waals surface area contributed by atoms with Gasteiger partial charge in [0, 0.05) is 6.07 Å². The minimum atomic E-state index is -3.74. The second-order valence-electron chi connectivity index (χ2n) is 8.60. The summed E-state index contributed by atoms with van der Waals surface area (Å²) in [6.45, 7) is 0.0711. The first-order chi connectivity index (χ1) is 16.8. The second kappa shape index (κ2) is 10.4.